The zero-order valence-corrected chi connectivity index (χ0v) is 17.1. The van der Waals surface area contributed by atoms with Crippen LogP contribution in [-0.4, -0.2) is 28.1 Å². The Bertz CT molecular complexity index is 434. The highest BCUT2D eigenvalue weighted by atomic mass is 16.4. The van der Waals surface area contributed by atoms with Crippen molar-refractivity contribution in [3.8, 4) is 0 Å². The molecule has 0 heterocycles. The van der Waals surface area contributed by atoms with Crippen LogP contribution in [0.3, 0.4) is 0 Å². The second-order valence-electron chi connectivity index (χ2n) is 8.71. The Morgan fingerprint density at radius 1 is 1.15 bits per heavy atom. The molecule has 1 saturated carbocycles. The minimum Gasteiger partial charge on any atom is -0.479 e. The van der Waals surface area contributed by atoms with E-state index in [1.165, 1.54) is 32.1 Å². The molecule has 0 amide bonds. The molecule has 26 heavy (non-hydrogen) atoms. The van der Waals surface area contributed by atoms with Crippen LogP contribution in [0.4, 0.5) is 0 Å². The maximum Gasteiger partial charge on any atom is 0.332 e. The number of carboxylic acids is 1. The van der Waals surface area contributed by atoms with E-state index in [0.29, 0.717) is 24.5 Å². The molecular weight excluding hydrogens is 328 g/mol. The first-order valence-electron chi connectivity index (χ1n) is 10.8. The molecule has 0 aliphatic heterocycles. The predicted octanol–water partition coefficient (Wildman–Crippen LogP) is 5.36. The highest BCUT2D eigenvalue weighted by molar-refractivity contribution is 5.86. The van der Waals surface area contributed by atoms with E-state index in [0.717, 1.165) is 44.4 Å². The van der Waals surface area contributed by atoms with E-state index in [2.05, 4.69) is 20.8 Å². The lowest BCUT2D eigenvalue weighted by molar-refractivity contribution is -0.146. The number of hydrogen-bond donors (Lipinski definition) is 2. The molecule has 4 nitrogen and oxygen atoms in total. The first kappa shape index (κ1) is 23.1. The number of aliphatic carboxylic acids is 1. The van der Waals surface area contributed by atoms with Gasteiger partial charge in [0, 0.05) is 11.8 Å². The van der Waals surface area contributed by atoms with Gasteiger partial charge in [0.1, 0.15) is 5.78 Å². The third-order valence-corrected chi connectivity index (χ3v) is 6.53. The maximum absolute atomic E-state index is 12.5. The van der Waals surface area contributed by atoms with Crippen molar-refractivity contribution in [3.05, 3.63) is 0 Å². The summed E-state index contributed by atoms with van der Waals surface area (Å²) in [6.45, 7) is 6.74. The molecule has 0 bridgehead atoms. The molecule has 4 heteroatoms. The van der Waals surface area contributed by atoms with Gasteiger partial charge in [0.05, 0.1) is 0 Å². The van der Waals surface area contributed by atoms with Crippen LogP contribution in [0.2, 0.25) is 0 Å². The molecule has 2 N–H and O–H groups in total. The highest BCUT2D eigenvalue weighted by Crippen LogP contribution is 2.47. The minimum absolute atomic E-state index is 0.186. The number of carbonyl (C=O) groups excluding carboxylic acids is 1. The molecule has 0 saturated heterocycles. The van der Waals surface area contributed by atoms with Crippen molar-refractivity contribution in [1.29, 1.82) is 0 Å². The third-order valence-electron chi connectivity index (χ3n) is 6.53. The summed E-state index contributed by atoms with van der Waals surface area (Å²) in [5.74, 6) is 0.537. The van der Waals surface area contributed by atoms with Crippen LogP contribution >= 0.6 is 0 Å². The molecule has 0 radical (unpaired) electrons. The fourth-order valence-corrected chi connectivity index (χ4v) is 4.45. The topological polar surface area (TPSA) is 74.6 Å². The number of hydrogen-bond acceptors (Lipinski definition) is 3. The summed E-state index contributed by atoms with van der Waals surface area (Å²) < 4.78 is 0. The number of rotatable bonds is 14. The average molecular weight is 369 g/mol. The summed E-state index contributed by atoms with van der Waals surface area (Å²) in [5.41, 5.74) is -0.186. The monoisotopic (exact) mass is 368 g/mol. The fraction of sp³-hybridized carbons (Fsp3) is 0.909. The van der Waals surface area contributed by atoms with E-state index >= 15 is 0 Å². The largest absolute Gasteiger partial charge is 0.479 e. The summed E-state index contributed by atoms with van der Waals surface area (Å²) in [5, 5.41) is 18.0. The van der Waals surface area contributed by atoms with Crippen molar-refractivity contribution in [2.75, 3.05) is 0 Å². The van der Waals surface area contributed by atoms with Gasteiger partial charge in [-0.1, -0.05) is 72.1 Å². The molecule has 4 atom stereocenters. The van der Waals surface area contributed by atoms with Crippen LogP contribution in [0.25, 0.3) is 0 Å². The van der Waals surface area contributed by atoms with Gasteiger partial charge in [-0.25, -0.2) is 4.79 Å². The summed E-state index contributed by atoms with van der Waals surface area (Å²) in [7, 11) is 0. The molecule has 0 aromatic rings. The Hall–Kier alpha value is -0.900. The Balaban J connectivity index is 2.35. The highest BCUT2D eigenvalue weighted by Gasteiger charge is 2.44. The molecule has 0 aromatic carbocycles. The number of aliphatic hydroxyl groups excluding tert-OH is 1. The van der Waals surface area contributed by atoms with Gasteiger partial charge >= 0.3 is 5.97 Å². The van der Waals surface area contributed by atoms with E-state index in [-0.39, 0.29) is 5.41 Å². The second kappa shape index (κ2) is 11.7. The number of unbranched alkanes of at least 4 members (excludes halogenated alkanes) is 4. The van der Waals surface area contributed by atoms with Crippen molar-refractivity contribution >= 4 is 11.8 Å². The Morgan fingerprint density at radius 2 is 1.85 bits per heavy atom. The molecule has 1 fully saturated rings. The quantitative estimate of drug-likeness (QED) is 0.404. The van der Waals surface area contributed by atoms with Crippen molar-refractivity contribution in [2.45, 2.75) is 110 Å². The number of Topliss-reactive ketones (excluding diaryl/α,β-unsaturated/α-hetero) is 1. The normalized spacial score (nSPS) is 25.4. The molecule has 0 aromatic heterocycles. The molecule has 2 unspecified atom stereocenters. The van der Waals surface area contributed by atoms with Gasteiger partial charge in [0.25, 0.3) is 0 Å². The molecule has 0 spiro atoms. The smallest absolute Gasteiger partial charge is 0.332 e. The molecule has 1 aliphatic rings. The predicted molar refractivity (Wildman–Crippen MR) is 105 cm³/mol. The van der Waals surface area contributed by atoms with Gasteiger partial charge in [-0.3, -0.25) is 4.79 Å². The molecule has 1 aliphatic carbocycles. The van der Waals surface area contributed by atoms with Crippen LogP contribution in [0.1, 0.15) is 104 Å². The lowest BCUT2D eigenvalue weighted by Crippen LogP contribution is -2.29. The van der Waals surface area contributed by atoms with E-state index in [4.69, 9.17) is 5.11 Å². The van der Waals surface area contributed by atoms with Crippen molar-refractivity contribution in [1.82, 2.24) is 0 Å². The third kappa shape index (κ3) is 7.38. The van der Waals surface area contributed by atoms with E-state index in [9.17, 15) is 14.7 Å². The van der Waals surface area contributed by atoms with E-state index in [1.54, 1.807) is 0 Å². The Kier molecular flexibility index (Phi) is 10.4. The lowest BCUT2D eigenvalue weighted by atomic mass is 9.72. The van der Waals surface area contributed by atoms with Crippen LogP contribution in [0.5, 0.6) is 0 Å². The summed E-state index contributed by atoms with van der Waals surface area (Å²) in [6.07, 6.45) is 11.8. The molecular formula is C22H40O4. The molecule has 152 valence electrons. The van der Waals surface area contributed by atoms with Crippen molar-refractivity contribution in [2.24, 2.45) is 17.3 Å². The SMILES string of the molecule is CCCCCC(C)CC[C@H]1CCC(=O)[C@]1(C)CCCCCC(O)C(=O)O. The molecule has 1 rings (SSSR count). The summed E-state index contributed by atoms with van der Waals surface area (Å²) >= 11 is 0. The number of aliphatic hydroxyl groups is 1. The van der Waals surface area contributed by atoms with Crippen LogP contribution in [-0.2, 0) is 9.59 Å². The van der Waals surface area contributed by atoms with E-state index < -0.39 is 12.1 Å². The Labute approximate surface area is 159 Å². The standard InChI is InChI=1S/C22H40O4/c1-4-5-7-10-17(2)12-13-18-14-15-20(24)22(18,3)16-9-6-8-11-19(23)21(25)26/h17-19,23H,4-16H2,1-3H3,(H,25,26)/t17?,18-,19?,22+/m0/s1. The van der Waals surface area contributed by atoms with Gasteiger partial charge in [-0.05, 0) is 37.5 Å². The number of ketones is 1. The van der Waals surface area contributed by atoms with Crippen molar-refractivity contribution in [3.63, 3.8) is 0 Å². The lowest BCUT2D eigenvalue weighted by Gasteiger charge is -2.31. The second-order valence-corrected chi connectivity index (χ2v) is 8.71. The minimum atomic E-state index is -1.25. The van der Waals surface area contributed by atoms with Crippen LogP contribution in [0.15, 0.2) is 0 Å². The van der Waals surface area contributed by atoms with Gasteiger partial charge in [0.2, 0.25) is 0 Å². The van der Waals surface area contributed by atoms with Gasteiger partial charge in [-0.15, -0.1) is 0 Å². The first-order valence-corrected chi connectivity index (χ1v) is 10.8. The summed E-state index contributed by atoms with van der Waals surface area (Å²) in [4.78, 5) is 23.1. The zero-order chi connectivity index (χ0) is 19.6. The van der Waals surface area contributed by atoms with Gasteiger partial charge in [-0.2, -0.15) is 0 Å². The maximum atomic E-state index is 12.5. The first-order chi connectivity index (χ1) is 12.3. The van der Waals surface area contributed by atoms with Gasteiger partial charge < -0.3 is 10.2 Å². The number of carboxylic acid groups (broad SMARTS) is 1. The van der Waals surface area contributed by atoms with Crippen LogP contribution in [0, 0.1) is 17.3 Å². The fourth-order valence-electron chi connectivity index (χ4n) is 4.45. The van der Waals surface area contributed by atoms with Crippen molar-refractivity contribution < 1.29 is 19.8 Å². The Morgan fingerprint density at radius 3 is 2.50 bits per heavy atom. The zero-order valence-electron chi connectivity index (χ0n) is 17.1. The summed E-state index contributed by atoms with van der Waals surface area (Å²) in [6, 6.07) is 0. The van der Waals surface area contributed by atoms with Crippen LogP contribution < -0.4 is 0 Å². The average Bonchev–Trinajstić information content (AvgIpc) is 2.87. The number of carbonyl (C=O) groups is 2. The van der Waals surface area contributed by atoms with E-state index in [1.807, 2.05) is 0 Å². The van der Waals surface area contributed by atoms with Gasteiger partial charge in [0.15, 0.2) is 6.10 Å².